The summed E-state index contributed by atoms with van der Waals surface area (Å²) < 4.78 is 28.6. The van der Waals surface area contributed by atoms with E-state index in [1.54, 1.807) is 24.3 Å². The number of sulfonamides is 1. The van der Waals surface area contributed by atoms with Crippen LogP contribution >= 0.6 is 27.5 Å². The van der Waals surface area contributed by atoms with Crippen molar-refractivity contribution in [2.75, 3.05) is 4.72 Å². The average Bonchev–Trinajstić information content (AvgIpc) is 2.71. The van der Waals surface area contributed by atoms with E-state index in [0.717, 1.165) is 10.0 Å². The highest BCUT2D eigenvalue weighted by molar-refractivity contribution is 9.10. The number of amides is 1. The largest absolute Gasteiger partial charge is 0.278 e. The predicted molar refractivity (Wildman–Crippen MR) is 118 cm³/mol. The van der Waals surface area contributed by atoms with E-state index in [4.69, 9.17) is 11.6 Å². The normalized spacial score (nSPS) is 11.4. The Labute approximate surface area is 181 Å². The van der Waals surface area contributed by atoms with Gasteiger partial charge in [-0.15, -0.1) is 0 Å². The third-order valence-corrected chi connectivity index (χ3v) is 6.00. The van der Waals surface area contributed by atoms with Gasteiger partial charge < -0.3 is 0 Å². The molecule has 0 saturated carbocycles. The van der Waals surface area contributed by atoms with Gasteiger partial charge in [0.25, 0.3) is 15.9 Å². The van der Waals surface area contributed by atoms with Gasteiger partial charge in [-0.2, -0.15) is 5.10 Å². The van der Waals surface area contributed by atoms with Crippen molar-refractivity contribution < 1.29 is 13.2 Å². The molecule has 3 aromatic rings. The molecule has 1 amide bonds. The van der Waals surface area contributed by atoms with E-state index in [1.807, 2.05) is 24.3 Å². The van der Waals surface area contributed by atoms with Crippen LogP contribution in [-0.4, -0.2) is 20.5 Å². The number of benzene rings is 3. The molecule has 0 heterocycles. The number of hydrogen-bond donors (Lipinski definition) is 2. The summed E-state index contributed by atoms with van der Waals surface area (Å²) in [6.07, 6.45) is 1.49. The fourth-order valence-corrected chi connectivity index (χ4v) is 3.96. The molecule has 6 nitrogen and oxygen atoms in total. The summed E-state index contributed by atoms with van der Waals surface area (Å²) in [5.74, 6) is -0.534. The smallest absolute Gasteiger partial charge is 0.271 e. The summed E-state index contributed by atoms with van der Waals surface area (Å²) in [5, 5.41) is 4.17. The van der Waals surface area contributed by atoms with Gasteiger partial charge in [0.2, 0.25) is 0 Å². The van der Waals surface area contributed by atoms with Crippen LogP contribution in [0.15, 0.2) is 87.3 Å². The summed E-state index contributed by atoms with van der Waals surface area (Å²) in [6.45, 7) is 0. The summed E-state index contributed by atoms with van der Waals surface area (Å²) in [5.41, 5.74) is 3.59. The summed E-state index contributed by atoms with van der Waals surface area (Å²) >= 11 is 9.35. The number of carbonyl (C=O) groups is 1. The lowest BCUT2D eigenvalue weighted by atomic mass is 10.2. The molecule has 0 saturated heterocycles. The van der Waals surface area contributed by atoms with Crippen molar-refractivity contribution in [1.29, 1.82) is 0 Å². The average molecular weight is 493 g/mol. The van der Waals surface area contributed by atoms with Crippen LogP contribution in [0.1, 0.15) is 15.9 Å². The fourth-order valence-electron chi connectivity index (χ4n) is 2.33. The maximum absolute atomic E-state index is 12.6. The number of halogens is 2. The lowest BCUT2D eigenvalue weighted by Gasteiger charge is -2.10. The van der Waals surface area contributed by atoms with Gasteiger partial charge in [0.15, 0.2) is 0 Å². The molecule has 0 aromatic heterocycles. The lowest BCUT2D eigenvalue weighted by Crippen LogP contribution is -2.19. The van der Waals surface area contributed by atoms with Crippen molar-refractivity contribution in [1.82, 2.24) is 5.43 Å². The SMILES string of the molecule is O=C(N/N=C/c1ccc(Br)cc1)c1cccc(S(=O)(=O)Nc2ccccc2Cl)c1. The molecule has 3 aromatic carbocycles. The summed E-state index contributed by atoms with van der Waals surface area (Å²) in [6, 6.07) is 19.5. The molecule has 0 fully saturated rings. The van der Waals surface area contributed by atoms with Crippen LogP contribution in [0.3, 0.4) is 0 Å². The second-order valence-corrected chi connectivity index (χ2v) is 8.87. The number of hydrazone groups is 1. The van der Waals surface area contributed by atoms with E-state index >= 15 is 0 Å². The number of anilines is 1. The Kier molecular flexibility index (Phi) is 6.68. The Morgan fingerprint density at radius 3 is 2.45 bits per heavy atom. The lowest BCUT2D eigenvalue weighted by molar-refractivity contribution is 0.0955. The Balaban J connectivity index is 1.73. The number of nitrogens with one attached hydrogen (secondary N) is 2. The van der Waals surface area contributed by atoms with Crippen molar-refractivity contribution in [2.24, 2.45) is 5.10 Å². The highest BCUT2D eigenvalue weighted by Crippen LogP contribution is 2.24. The van der Waals surface area contributed by atoms with E-state index < -0.39 is 15.9 Å². The second kappa shape index (κ2) is 9.21. The van der Waals surface area contributed by atoms with Crippen molar-refractivity contribution >= 4 is 55.4 Å². The number of nitrogens with zero attached hydrogens (tertiary/aromatic N) is 1. The second-order valence-electron chi connectivity index (χ2n) is 5.86. The molecule has 0 bridgehead atoms. The topological polar surface area (TPSA) is 87.6 Å². The zero-order chi connectivity index (χ0) is 20.9. The van der Waals surface area contributed by atoms with Crippen LogP contribution in [-0.2, 0) is 10.0 Å². The minimum Gasteiger partial charge on any atom is -0.278 e. The first-order chi connectivity index (χ1) is 13.8. The van der Waals surface area contributed by atoms with Crippen LogP contribution in [0.25, 0.3) is 0 Å². The zero-order valence-corrected chi connectivity index (χ0v) is 18.0. The molecular weight excluding hydrogens is 478 g/mol. The Bertz CT molecular complexity index is 1170. The zero-order valence-electron chi connectivity index (χ0n) is 14.8. The highest BCUT2D eigenvalue weighted by Gasteiger charge is 2.17. The van der Waals surface area contributed by atoms with Crippen molar-refractivity contribution in [3.63, 3.8) is 0 Å². The molecule has 0 unspecified atom stereocenters. The standard InChI is InChI=1S/C20H15BrClN3O3S/c21-16-10-8-14(9-11-16)13-23-24-20(26)15-4-3-5-17(12-15)29(27,28)25-19-7-2-1-6-18(19)22/h1-13,25H,(H,24,26)/b23-13+. The van der Waals surface area contributed by atoms with Gasteiger partial charge in [-0.1, -0.05) is 57.9 Å². The molecule has 3 rings (SSSR count). The molecule has 0 aliphatic rings. The number of carbonyl (C=O) groups excluding carboxylic acids is 1. The van der Waals surface area contributed by atoms with Gasteiger partial charge in [0, 0.05) is 10.0 Å². The van der Waals surface area contributed by atoms with Crippen LogP contribution in [0.5, 0.6) is 0 Å². The van der Waals surface area contributed by atoms with E-state index in [1.165, 1.54) is 30.5 Å². The molecule has 0 atom stereocenters. The van der Waals surface area contributed by atoms with E-state index in [9.17, 15) is 13.2 Å². The Morgan fingerprint density at radius 1 is 1.00 bits per heavy atom. The van der Waals surface area contributed by atoms with Crippen molar-refractivity contribution in [2.45, 2.75) is 4.90 Å². The fraction of sp³-hybridized carbons (Fsp3) is 0. The predicted octanol–water partition coefficient (Wildman–Crippen LogP) is 4.67. The first kappa shape index (κ1) is 21.0. The van der Waals surface area contributed by atoms with Crippen molar-refractivity contribution in [3.8, 4) is 0 Å². The van der Waals surface area contributed by atoms with E-state index in [-0.39, 0.29) is 21.2 Å². The van der Waals surface area contributed by atoms with E-state index in [0.29, 0.717) is 0 Å². The summed E-state index contributed by atoms with van der Waals surface area (Å²) in [4.78, 5) is 12.2. The monoisotopic (exact) mass is 491 g/mol. The highest BCUT2D eigenvalue weighted by atomic mass is 79.9. The van der Waals surface area contributed by atoms with Crippen LogP contribution in [0.4, 0.5) is 5.69 Å². The minimum atomic E-state index is -3.92. The Morgan fingerprint density at radius 2 is 1.72 bits per heavy atom. The molecule has 9 heteroatoms. The maximum atomic E-state index is 12.6. The van der Waals surface area contributed by atoms with Gasteiger partial charge in [-0.25, -0.2) is 13.8 Å². The number of para-hydroxylation sites is 1. The molecule has 148 valence electrons. The van der Waals surface area contributed by atoms with E-state index in [2.05, 4.69) is 31.2 Å². The third-order valence-electron chi connectivity index (χ3n) is 3.77. The first-order valence-corrected chi connectivity index (χ1v) is 11.0. The molecule has 0 spiro atoms. The molecule has 2 N–H and O–H groups in total. The van der Waals surface area contributed by atoms with Crippen LogP contribution < -0.4 is 10.1 Å². The molecule has 0 radical (unpaired) electrons. The van der Waals surface area contributed by atoms with Gasteiger partial charge in [0.05, 0.1) is 21.8 Å². The quantitative estimate of drug-likeness (QED) is 0.387. The Hall–Kier alpha value is -2.68. The molecule has 0 aliphatic carbocycles. The van der Waals surface area contributed by atoms with Crippen molar-refractivity contribution in [3.05, 3.63) is 93.4 Å². The number of hydrogen-bond acceptors (Lipinski definition) is 4. The molecule has 0 aliphatic heterocycles. The van der Waals surface area contributed by atoms with Gasteiger partial charge in [0.1, 0.15) is 0 Å². The minimum absolute atomic E-state index is 0.0676. The first-order valence-electron chi connectivity index (χ1n) is 8.31. The molecular formula is C20H15BrClN3O3S. The maximum Gasteiger partial charge on any atom is 0.271 e. The van der Waals surface area contributed by atoms with Crippen LogP contribution in [0, 0.1) is 0 Å². The molecule has 29 heavy (non-hydrogen) atoms. The third kappa shape index (κ3) is 5.66. The van der Waals surface area contributed by atoms with Gasteiger partial charge in [-0.05, 0) is 48.0 Å². The summed E-state index contributed by atoms with van der Waals surface area (Å²) in [7, 11) is -3.92. The van der Waals surface area contributed by atoms with Gasteiger partial charge >= 0.3 is 0 Å². The number of rotatable bonds is 6. The van der Waals surface area contributed by atoms with Gasteiger partial charge in [-0.3, -0.25) is 9.52 Å². The van der Waals surface area contributed by atoms with Crippen LogP contribution in [0.2, 0.25) is 5.02 Å².